The molecule has 1 aliphatic heterocycles. The number of nitrogens with one attached hydrogen (secondary N) is 1. The zero-order valence-electron chi connectivity index (χ0n) is 9.71. The van der Waals surface area contributed by atoms with Crippen molar-refractivity contribution in [2.45, 2.75) is 6.54 Å². The first-order chi connectivity index (χ1) is 8.08. The molecule has 0 aliphatic carbocycles. The van der Waals surface area contributed by atoms with Gasteiger partial charge in [0.2, 0.25) is 0 Å². The van der Waals surface area contributed by atoms with Gasteiger partial charge in [0.15, 0.2) is 17.6 Å². The molecule has 1 N–H and O–H groups in total. The fourth-order valence-electron chi connectivity index (χ4n) is 1.60. The topological polar surface area (TPSA) is 27.6 Å². The Bertz CT molecular complexity index is 468. The maximum atomic E-state index is 13.1. The molecule has 0 saturated carbocycles. The van der Waals surface area contributed by atoms with Crippen molar-refractivity contribution < 1.29 is 8.78 Å². The van der Waals surface area contributed by atoms with Crippen molar-refractivity contribution in [3.05, 3.63) is 33.8 Å². The smallest absolute Gasteiger partial charge is 0.194 e. The number of hydrogen-bond acceptors (Lipinski definition) is 3. The Kier molecular flexibility index (Phi) is 5.77. The van der Waals surface area contributed by atoms with Gasteiger partial charge in [-0.25, -0.2) is 8.78 Å². The van der Waals surface area contributed by atoms with Crippen LogP contribution >= 0.6 is 39.9 Å². The molecule has 1 aliphatic rings. The van der Waals surface area contributed by atoms with Crippen LogP contribution in [0.2, 0.25) is 0 Å². The van der Waals surface area contributed by atoms with E-state index in [-0.39, 0.29) is 24.0 Å². The molecule has 18 heavy (non-hydrogen) atoms. The minimum absolute atomic E-state index is 0. The number of benzene rings is 1. The van der Waals surface area contributed by atoms with Crippen LogP contribution in [0.25, 0.3) is 0 Å². The molecule has 0 fully saturated rings. The second-order valence-corrected chi connectivity index (χ2v) is 4.69. The molecule has 2 rings (SSSR count). The zero-order valence-corrected chi connectivity index (χ0v) is 13.6. The molecular weight excluding hydrogens is 419 g/mol. The number of nitrogens with zero attached hydrogens (tertiary/aromatic N) is 2. The first kappa shape index (κ1) is 15.6. The van der Waals surface area contributed by atoms with Crippen LogP contribution < -0.4 is 5.32 Å². The predicted molar refractivity (Wildman–Crippen MR) is 81.2 cm³/mol. The molecule has 0 bridgehead atoms. The third-order valence-electron chi connectivity index (χ3n) is 2.58. The summed E-state index contributed by atoms with van der Waals surface area (Å²) in [5.74, 6) is -0.913. The lowest BCUT2D eigenvalue weighted by atomic mass is 10.2. The maximum absolute atomic E-state index is 13.1. The van der Waals surface area contributed by atoms with Gasteiger partial charge in [0.05, 0.1) is 6.54 Å². The summed E-state index contributed by atoms with van der Waals surface area (Å²) in [6.07, 6.45) is 0. The van der Waals surface area contributed by atoms with Crippen LogP contribution in [0.4, 0.5) is 8.78 Å². The molecule has 0 radical (unpaired) electrons. The lowest BCUT2D eigenvalue weighted by molar-refractivity contribution is 0.505. The van der Waals surface area contributed by atoms with Crippen molar-refractivity contribution in [1.29, 1.82) is 0 Å². The average molecular weight is 432 g/mol. The van der Waals surface area contributed by atoms with Crippen LogP contribution in [0.5, 0.6) is 0 Å². The number of hydrogen-bond donors (Lipinski definition) is 1. The summed E-state index contributed by atoms with van der Waals surface area (Å²) >= 11 is 3.21. The maximum Gasteiger partial charge on any atom is 0.194 e. The molecule has 3 nitrogen and oxygen atoms in total. The lowest BCUT2D eigenvalue weighted by Crippen LogP contribution is -2.35. The molecule has 100 valence electrons. The third-order valence-corrected chi connectivity index (χ3v) is 3.32. The monoisotopic (exact) mass is 431 g/mol. The Morgan fingerprint density at radius 2 is 2.06 bits per heavy atom. The van der Waals surface area contributed by atoms with E-state index in [0.29, 0.717) is 16.6 Å². The number of halogens is 4. The highest BCUT2D eigenvalue weighted by atomic mass is 127. The Hall–Kier alpha value is -0.440. The van der Waals surface area contributed by atoms with Crippen molar-refractivity contribution in [3.8, 4) is 0 Å². The van der Waals surface area contributed by atoms with Gasteiger partial charge in [0, 0.05) is 24.6 Å². The van der Waals surface area contributed by atoms with Gasteiger partial charge in [-0.3, -0.25) is 4.99 Å². The highest BCUT2D eigenvalue weighted by Crippen LogP contribution is 2.20. The minimum atomic E-state index is -0.851. The van der Waals surface area contributed by atoms with E-state index in [4.69, 9.17) is 0 Å². The normalized spacial score (nSPS) is 14.2. The van der Waals surface area contributed by atoms with Crippen LogP contribution in [-0.4, -0.2) is 31.0 Å². The SMILES string of the molecule is CN1CCN=C1NCc1cc(F)c(F)cc1Br.I. The molecule has 0 amide bonds. The minimum Gasteiger partial charge on any atom is -0.352 e. The van der Waals surface area contributed by atoms with Gasteiger partial charge in [0.1, 0.15) is 0 Å². The van der Waals surface area contributed by atoms with Gasteiger partial charge in [-0.1, -0.05) is 15.9 Å². The summed E-state index contributed by atoms with van der Waals surface area (Å²) in [7, 11) is 1.93. The summed E-state index contributed by atoms with van der Waals surface area (Å²) in [6, 6.07) is 2.31. The standard InChI is InChI=1S/C11H12BrF2N3.HI/c1-17-3-2-15-11(17)16-6-7-4-9(13)10(14)5-8(7)12;/h4-5H,2-3,6H2,1H3,(H,15,16);1H. The van der Waals surface area contributed by atoms with E-state index in [1.165, 1.54) is 6.07 Å². The van der Waals surface area contributed by atoms with Crippen LogP contribution in [0, 0.1) is 11.6 Å². The van der Waals surface area contributed by atoms with E-state index >= 15 is 0 Å². The first-order valence-corrected chi connectivity index (χ1v) is 6.00. The average Bonchev–Trinajstić information content (AvgIpc) is 2.68. The van der Waals surface area contributed by atoms with E-state index < -0.39 is 11.6 Å². The van der Waals surface area contributed by atoms with Crippen molar-refractivity contribution in [1.82, 2.24) is 10.2 Å². The van der Waals surface area contributed by atoms with Crippen LogP contribution in [0.3, 0.4) is 0 Å². The summed E-state index contributed by atoms with van der Waals surface area (Å²) in [5.41, 5.74) is 0.659. The highest BCUT2D eigenvalue weighted by Gasteiger charge is 2.13. The molecule has 0 aromatic heterocycles. The van der Waals surface area contributed by atoms with Gasteiger partial charge >= 0.3 is 0 Å². The number of likely N-dealkylation sites (N-methyl/N-ethyl adjacent to an activating group) is 1. The van der Waals surface area contributed by atoms with Gasteiger partial charge in [-0.15, -0.1) is 24.0 Å². The van der Waals surface area contributed by atoms with Gasteiger partial charge in [0.25, 0.3) is 0 Å². The zero-order chi connectivity index (χ0) is 12.4. The summed E-state index contributed by atoms with van der Waals surface area (Å²) in [6.45, 7) is 2.04. The molecule has 1 aromatic carbocycles. The van der Waals surface area contributed by atoms with Gasteiger partial charge < -0.3 is 10.2 Å². The third kappa shape index (κ3) is 3.53. The van der Waals surface area contributed by atoms with E-state index in [9.17, 15) is 8.78 Å². The van der Waals surface area contributed by atoms with Crippen molar-refractivity contribution in [3.63, 3.8) is 0 Å². The van der Waals surface area contributed by atoms with Crippen molar-refractivity contribution in [2.24, 2.45) is 4.99 Å². The Balaban J connectivity index is 0.00000162. The number of aliphatic imine (C=N–C) groups is 1. The molecule has 1 aromatic rings. The van der Waals surface area contributed by atoms with E-state index in [2.05, 4.69) is 26.2 Å². The quantitative estimate of drug-likeness (QED) is 0.576. The van der Waals surface area contributed by atoms with Gasteiger partial charge in [-0.2, -0.15) is 0 Å². The largest absolute Gasteiger partial charge is 0.352 e. The fourth-order valence-corrected chi connectivity index (χ4v) is 2.05. The van der Waals surface area contributed by atoms with Gasteiger partial charge in [-0.05, 0) is 17.7 Å². The number of rotatable bonds is 2. The summed E-state index contributed by atoms with van der Waals surface area (Å²) in [4.78, 5) is 6.23. The molecule has 0 spiro atoms. The summed E-state index contributed by atoms with van der Waals surface area (Å²) in [5, 5.41) is 3.09. The second kappa shape index (κ2) is 6.65. The Morgan fingerprint density at radius 3 is 2.67 bits per heavy atom. The van der Waals surface area contributed by atoms with Crippen LogP contribution in [-0.2, 0) is 6.54 Å². The Morgan fingerprint density at radius 1 is 1.39 bits per heavy atom. The number of guanidine groups is 1. The molecule has 7 heteroatoms. The van der Waals surface area contributed by atoms with E-state index in [0.717, 1.165) is 25.1 Å². The molecular formula is C11H13BrF2IN3. The van der Waals surface area contributed by atoms with Crippen molar-refractivity contribution >= 4 is 45.9 Å². The first-order valence-electron chi connectivity index (χ1n) is 5.21. The fraction of sp³-hybridized carbons (Fsp3) is 0.364. The molecule has 0 unspecified atom stereocenters. The van der Waals surface area contributed by atoms with Crippen LogP contribution in [0.1, 0.15) is 5.56 Å². The molecule has 1 heterocycles. The molecule has 0 atom stereocenters. The van der Waals surface area contributed by atoms with E-state index in [1.54, 1.807) is 0 Å². The summed E-state index contributed by atoms with van der Waals surface area (Å²) < 4.78 is 26.5. The van der Waals surface area contributed by atoms with Crippen LogP contribution in [0.15, 0.2) is 21.6 Å². The lowest BCUT2D eigenvalue weighted by Gasteiger charge is -2.15. The van der Waals surface area contributed by atoms with Crippen molar-refractivity contribution in [2.75, 3.05) is 20.1 Å². The predicted octanol–water partition coefficient (Wildman–Crippen LogP) is 2.74. The Labute approximate surface area is 130 Å². The second-order valence-electron chi connectivity index (χ2n) is 3.84. The van der Waals surface area contributed by atoms with E-state index in [1.807, 2.05) is 11.9 Å². The highest BCUT2D eigenvalue weighted by molar-refractivity contribution is 14.0. The molecule has 0 saturated heterocycles.